The predicted molar refractivity (Wildman–Crippen MR) is 91.8 cm³/mol. The average molecular weight is 404 g/mol. The number of hydrogen-bond donors (Lipinski definition) is 8. The van der Waals surface area contributed by atoms with Crippen molar-refractivity contribution in [2.75, 3.05) is 6.54 Å². The van der Waals surface area contributed by atoms with Crippen LogP contribution < -0.4 is 33.2 Å². The van der Waals surface area contributed by atoms with Gasteiger partial charge in [0.1, 0.15) is 18.6 Å². The van der Waals surface area contributed by atoms with Gasteiger partial charge in [-0.05, 0) is 6.92 Å². The number of carbonyl (C=O) groups excluding carboxylic acids is 5. The Balaban J connectivity index is 5.22. The van der Waals surface area contributed by atoms with Crippen molar-refractivity contribution >= 4 is 35.5 Å². The molecule has 0 aromatic carbocycles. The third-order valence-corrected chi connectivity index (χ3v) is 3.27. The molecule has 0 aliphatic rings. The fraction of sp³-hybridized carbons (Fsp3) is 0.571. The number of aliphatic hydroxyl groups is 1. The van der Waals surface area contributed by atoms with Gasteiger partial charge in [0.05, 0.1) is 25.0 Å². The van der Waals surface area contributed by atoms with Crippen molar-refractivity contribution in [2.24, 2.45) is 17.2 Å². The zero-order chi connectivity index (χ0) is 22.0. The Bertz CT molecular complexity index is 637. The Morgan fingerprint density at radius 1 is 0.893 bits per heavy atom. The first-order valence-electron chi connectivity index (χ1n) is 7.95. The Morgan fingerprint density at radius 2 is 1.43 bits per heavy atom. The van der Waals surface area contributed by atoms with Crippen LogP contribution in [0.2, 0.25) is 0 Å². The number of carboxylic acid groups (broad SMARTS) is 1. The molecule has 5 amide bonds. The molecule has 0 heterocycles. The molecule has 0 fully saturated rings. The van der Waals surface area contributed by atoms with Gasteiger partial charge in [-0.25, -0.2) is 0 Å². The summed E-state index contributed by atoms with van der Waals surface area (Å²) >= 11 is 0. The molecule has 14 nitrogen and oxygen atoms in total. The van der Waals surface area contributed by atoms with Gasteiger partial charge in [-0.1, -0.05) is 0 Å². The van der Waals surface area contributed by atoms with E-state index in [4.69, 9.17) is 22.3 Å². The number of primary amides is 2. The van der Waals surface area contributed by atoms with E-state index in [0.29, 0.717) is 0 Å². The van der Waals surface area contributed by atoms with E-state index in [9.17, 15) is 33.9 Å². The quantitative estimate of drug-likeness (QED) is 0.154. The molecular weight excluding hydrogens is 380 g/mol. The summed E-state index contributed by atoms with van der Waals surface area (Å²) in [7, 11) is 0. The van der Waals surface area contributed by atoms with Crippen LogP contribution in [0.25, 0.3) is 0 Å². The first kappa shape index (κ1) is 24.7. The summed E-state index contributed by atoms with van der Waals surface area (Å²) in [6, 6.07) is -4.55. The minimum absolute atomic E-state index is 0.523. The van der Waals surface area contributed by atoms with Crippen LogP contribution in [0.4, 0.5) is 0 Å². The lowest BCUT2D eigenvalue weighted by molar-refractivity contribution is -0.139. The molecule has 0 aliphatic carbocycles. The highest BCUT2D eigenvalue weighted by molar-refractivity contribution is 5.96. The predicted octanol–water partition coefficient (Wildman–Crippen LogP) is -5.38. The van der Waals surface area contributed by atoms with Crippen LogP contribution in [0, 0.1) is 0 Å². The van der Waals surface area contributed by atoms with E-state index >= 15 is 0 Å². The van der Waals surface area contributed by atoms with Crippen LogP contribution in [0.15, 0.2) is 0 Å². The van der Waals surface area contributed by atoms with Crippen LogP contribution in [0.3, 0.4) is 0 Å². The van der Waals surface area contributed by atoms with Crippen molar-refractivity contribution in [1.82, 2.24) is 16.0 Å². The number of carbonyl (C=O) groups is 6. The van der Waals surface area contributed by atoms with Crippen LogP contribution in [-0.2, 0) is 28.8 Å². The Kier molecular flexibility index (Phi) is 10.1. The number of aliphatic carboxylic acids is 1. The summed E-state index contributed by atoms with van der Waals surface area (Å²) in [6.45, 7) is 0.386. The van der Waals surface area contributed by atoms with Gasteiger partial charge >= 0.3 is 5.97 Å². The van der Waals surface area contributed by atoms with Gasteiger partial charge < -0.3 is 43.4 Å². The lowest BCUT2D eigenvalue weighted by Gasteiger charge is -2.24. The highest BCUT2D eigenvalue weighted by atomic mass is 16.4. The molecule has 0 saturated carbocycles. The maximum Gasteiger partial charge on any atom is 0.322 e. The summed E-state index contributed by atoms with van der Waals surface area (Å²) in [6.07, 6.45) is -2.64. The Morgan fingerprint density at radius 3 is 1.86 bits per heavy atom. The number of nitrogens with two attached hydrogens (primary N) is 3. The zero-order valence-corrected chi connectivity index (χ0v) is 15.0. The maximum atomic E-state index is 12.3. The number of carboxylic acids is 1. The first-order chi connectivity index (χ1) is 12.8. The lowest BCUT2D eigenvalue weighted by atomic mass is 10.1. The molecule has 14 heteroatoms. The van der Waals surface area contributed by atoms with Gasteiger partial charge in [0, 0.05) is 0 Å². The number of aliphatic hydroxyl groups excluding tert-OH is 1. The SMILES string of the molecule is CC(O)C(NC(=O)C(CC(N)=O)NC(=O)C(N)CC(N)=O)C(=O)NCC(=O)O. The number of rotatable bonds is 12. The molecule has 0 aromatic rings. The molecule has 4 atom stereocenters. The highest BCUT2D eigenvalue weighted by Crippen LogP contribution is 2.00. The minimum Gasteiger partial charge on any atom is -0.480 e. The van der Waals surface area contributed by atoms with E-state index in [2.05, 4.69) is 10.6 Å². The van der Waals surface area contributed by atoms with Crippen LogP contribution in [0.1, 0.15) is 19.8 Å². The molecule has 0 radical (unpaired) electrons. The van der Waals surface area contributed by atoms with Crippen molar-refractivity contribution in [3.8, 4) is 0 Å². The molecule has 11 N–H and O–H groups in total. The van der Waals surface area contributed by atoms with Gasteiger partial charge in [-0.15, -0.1) is 0 Å². The van der Waals surface area contributed by atoms with E-state index in [1.807, 2.05) is 5.32 Å². The minimum atomic E-state index is -1.58. The van der Waals surface area contributed by atoms with E-state index < -0.39 is 79.1 Å². The number of nitrogens with one attached hydrogen (secondary N) is 3. The smallest absolute Gasteiger partial charge is 0.322 e. The highest BCUT2D eigenvalue weighted by Gasteiger charge is 2.31. The van der Waals surface area contributed by atoms with E-state index in [1.165, 1.54) is 0 Å². The first-order valence-corrected chi connectivity index (χ1v) is 7.95. The van der Waals surface area contributed by atoms with Crippen molar-refractivity contribution in [3.05, 3.63) is 0 Å². The van der Waals surface area contributed by atoms with Crippen LogP contribution in [-0.4, -0.2) is 76.5 Å². The topological polar surface area (TPSA) is 257 Å². The molecule has 4 unspecified atom stereocenters. The molecular formula is C14H24N6O8. The number of amides is 5. The largest absolute Gasteiger partial charge is 0.480 e. The second-order valence-electron chi connectivity index (χ2n) is 5.85. The van der Waals surface area contributed by atoms with Gasteiger partial charge in [0.15, 0.2) is 0 Å². The summed E-state index contributed by atoms with van der Waals surface area (Å²) in [5, 5.41) is 24.4. The molecule has 28 heavy (non-hydrogen) atoms. The monoisotopic (exact) mass is 404 g/mol. The van der Waals surface area contributed by atoms with Crippen molar-refractivity contribution in [3.63, 3.8) is 0 Å². The second-order valence-corrected chi connectivity index (χ2v) is 5.85. The van der Waals surface area contributed by atoms with Gasteiger partial charge in [-0.2, -0.15) is 0 Å². The summed E-state index contributed by atoms with van der Waals surface area (Å²) < 4.78 is 0. The average Bonchev–Trinajstić information content (AvgIpc) is 2.55. The Hall–Kier alpha value is -3.26. The lowest BCUT2D eigenvalue weighted by Crippen LogP contribution is -2.59. The van der Waals surface area contributed by atoms with Crippen molar-refractivity contribution in [2.45, 2.75) is 44.0 Å². The zero-order valence-electron chi connectivity index (χ0n) is 15.0. The Labute approximate surface area is 159 Å². The van der Waals surface area contributed by atoms with Crippen LogP contribution >= 0.6 is 0 Å². The van der Waals surface area contributed by atoms with Crippen molar-refractivity contribution < 1.29 is 39.0 Å². The summed E-state index contributed by atoms with van der Waals surface area (Å²) in [5.41, 5.74) is 15.4. The normalized spacial score (nSPS) is 14.7. The standard InChI is InChI=1S/C14H24N6O8/c1-5(21)11(14(28)18-4-10(24)25)20-13(27)7(3-9(17)23)19-12(26)6(15)2-8(16)22/h5-7,11,21H,2-4,15H2,1H3,(H2,16,22)(H2,17,23)(H,18,28)(H,19,26)(H,20,27)(H,24,25). The second kappa shape index (κ2) is 11.5. The van der Waals surface area contributed by atoms with E-state index in [1.54, 1.807) is 0 Å². The van der Waals surface area contributed by atoms with E-state index in [-0.39, 0.29) is 0 Å². The van der Waals surface area contributed by atoms with E-state index in [0.717, 1.165) is 6.92 Å². The number of hydrogen-bond acceptors (Lipinski definition) is 8. The van der Waals surface area contributed by atoms with Crippen LogP contribution in [0.5, 0.6) is 0 Å². The molecule has 0 aliphatic heterocycles. The van der Waals surface area contributed by atoms with Gasteiger partial charge in [0.25, 0.3) is 0 Å². The third-order valence-electron chi connectivity index (χ3n) is 3.27. The molecule has 0 saturated heterocycles. The molecule has 158 valence electrons. The summed E-state index contributed by atoms with van der Waals surface area (Å²) in [4.78, 5) is 68.7. The fourth-order valence-electron chi connectivity index (χ4n) is 1.93. The molecule has 0 rings (SSSR count). The molecule has 0 spiro atoms. The molecule has 0 aromatic heterocycles. The summed E-state index contributed by atoms with van der Waals surface area (Å²) in [5.74, 6) is -6.28. The fourth-order valence-corrected chi connectivity index (χ4v) is 1.93. The van der Waals surface area contributed by atoms with Crippen molar-refractivity contribution in [1.29, 1.82) is 0 Å². The maximum absolute atomic E-state index is 12.3. The third kappa shape index (κ3) is 9.44. The molecule has 0 bridgehead atoms. The van der Waals surface area contributed by atoms with Gasteiger partial charge in [0.2, 0.25) is 29.5 Å². The van der Waals surface area contributed by atoms with Gasteiger partial charge in [-0.3, -0.25) is 28.8 Å².